The summed E-state index contributed by atoms with van der Waals surface area (Å²) in [6.45, 7) is 10.3. The van der Waals surface area contributed by atoms with Gasteiger partial charge in [-0.25, -0.2) is 22.5 Å². The molecular formula is C34H47FN8O5SSi. The van der Waals surface area contributed by atoms with Gasteiger partial charge in [-0.2, -0.15) is 15.2 Å². The van der Waals surface area contributed by atoms with Gasteiger partial charge in [0.1, 0.15) is 18.2 Å². The Hall–Kier alpha value is -3.86. The molecular weight excluding hydrogens is 680 g/mol. The smallest absolute Gasteiger partial charge is 0.232 e. The number of aromatic nitrogens is 6. The minimum Gasteiger partial charge on any atom is -0.484 e. The number of benzene rings is 1. The van der Waals surface area contributed by atoms with Gasteiger partial charge in [0.25, 0.3) is 0 Å². The number of sulfone groups is 1. The number of ether oxygens (including phenoxy) is 3. The first-order chi connectivity index (χ1) is 23.7. The molecule has 4 aromatic rings. The van der Waals surface area contributed by atoms with E-state index >= 15 is 4.39 Å². The molecule has 2 aliphatic rings. The summed E-state index contributed by atoms with van der Waals surface area (Å²) in [5.74, 6) is 0.879. The standard InChI is InChI=1S/C34H47FN8O5SSi/c1-23-18-29(39-43(23)30-10-8-9-15-47-30)42(22-46-16-17-50(5,6)7)33-32(48-25-11-12-25)31(24-20-36-40(2)21-24)37-34(38-33)41(3)28-14-13-26(19-27(28)35)49(4,44)45/h13-14,18-21,25,30H,8-12,15-17,22H2,1-7H3. The second-order valence-electron chi connectivity index (χ2n) is 14.4. The zero-order valence-corrected chi connectivity index (χ0v) is 31.7. The van der Waals surface area contributed by atoms with Gasteiger partial charge in [0.2, 0.25) is 5.95 Å². The van der Waals surface area contributed by atoms with Crippen molar-refractivity contribution >= 4 is 41.2 Å². The maximum Gasteiger partial charge on any atom is 0.232 e. The Morgan fingerprint density at radius 3 is 2.52 bits per heavy atom. The molecule has 1 saturated heterocycles. The van der Waals surface area contributed by atoms with Gasteiger partial charge >= 0.3 is 0 Å². The molecule has 1 aliphatic heterocycles. The molecule has 270 valence electrons. The molecule has 13 nitrogen and oxygen atoms in total. The van der Waals surface area contributed by atoms with Crippen LogP contribution in [0.1, 0.15) is 44.0 Å². The molecule has 1 aliphatic carbocycles. The van der Waals surface area contributed by atoms with Gasteiger partial charge < -0.3 is 19.1 Å². The van der Waals surface area contributed by atoms with Crippen molar-refractivity contribution in [3.05, 3.63) is 48.2 Å². The van der Waals surface area contributed by atoms with Crippen LogP contribution in [0.4, 0.5) is 27.7 Å². The van der Waals surface area contributed by atoms with Gasteiger partial charge in [-0.3, -0.25) is 9.58 Å². The zero-order valence-electron chi connectivity index (χ0n) is 29.9. The van der Waals surface area contributed by atoms with Crippen LogP contribution in [0.5, 0.6) is 5.75 Å². The fraction of sp³-hybridized carbons (Fsp3) is 0.529. The predicted molar refractivity (Wildman–Crippen MR) is 192 cm³/mol. The molecule has 1 atom stereocenters. The van der Waals surface area contributed by atoms with E-state index in [4.69, 9.17) is 29.3 Å². The van der Waals surface area contributed by atoms with Crippen LogP contribution in [-0.2, 0) is 26.4 Å². The van der Waals surface area contributed by atoms with Gasteiger partial charge in [-0.15, -0.1) is 0 Å². The average Bonchev–Trinajstić information content (AvgIpc) is 3.64. The molecule has 1 aromatic carbocycles. The summed E-state index contributed by atoms with van der Waals surface area (Å²) in [6.07, 6.45) is 9.12. The average molecular weight is 727 g/mol. The van der Waals surface area contributed by atoms with E-state index in [-0.39, 0.29) is 35.6 Å². The molecule has 4 heterocycles. The lowest BCUT2D eigenvalue weighted by Crippen LogP contribution is -2.28. The van der Waals surface area contributed by atoms with Crippen LogP contribution in [0.15, 0.2) is 41.6 Å². The quantitative estimate of drug-likeness (QED) is 0.0815. The lowest BCUT2D eigenvalue weighted by atomic mass is 10.2. The topological polar surface area (TPSA) is 130 Å². The van der Waals surface area contributed by atoms with E-state index in [1.165, 1.54) is 17.0 Å². The van der Waals surface area contributed by atoms with Crippen molar-refractivity contribution in [2.45, 2.75) is 81.9 Å². The van der Waals surface area contributed by atoms with Crippen molar-refractivity contribution in [3.8, 4) is 17.0 Å². The molecule has 0 bridgehead atoms. The lowest BCUT2D eigenvalue weighted by molar-refractivity contribution is -0.0405. The Bertz CT molecular complexity index is 1940. The number of halogens is 1. The van der Waals surface area contributed by atoms with Gasteiger partial charge in [0.15, 0.2) is 33.5 Å². The summed E-state index contributed by atoms with van der Waals surface area (Å²) in [6, 6.07) is 6.76. The van der Waals surface area contributed by atoms with Crippen molar-refractivity contribution in [1.29, 1.82) is 0 Å². The number of rotatable bonds is 14. The first kappa shape index (κ1) is 35.9. The molecule has 0 amide bonds. The highest BCUT2D eigenvalue weighted by atomic mass is 32.2. The van der Waals surface area contributed by atoms with Crippen molar-refractivity contribution < 1.29 is 27.0 Å². The third-order valence-electron chi connectivity index (χ3n) is 8.72. The van der Waals surface area contributed by atoms with Gasteiger partial charge in [0, 0.05) is 65.2 Å². The second-order valence-corrected chi connectivity index (χ2v) is 22.0. The molecule has 0 spiro atoms. The molecule has 6 rings (SSSR count). The Kier molecular flexibility index (Phi) is 10.4. The van der Waals surface area contributed by atoms with Crippen LogP contribution < -0.4 is 14.5 Å². The molecule has 0 radical (unpaired) electrons. The van der Waals surface area contributed by atoms with E-state index in [1.54, 1.807) is 17.9 Å². The van der Waals surface area contributed by atoms with E-state index in [0.717, 1.165) is 56.2 Å². The number of aryl methyl sites for hydroxylation is 2. The number of anilines is 4. The normalized spacial score (nSPS) is 16.8. The molecule has 3 aromatic heterocycles. The second kappa shape index (κ2) is 14.4. The van der Waals surface area contributed by atoms with E-state index < -0.39 is 23.7 Å². The molecule has 50 heavy (non-hydrogen) atoms. The van der Waals surface area contributed by atoms with Crippen LogP contribution in [-0.4, -0.2) is 85.4 Å². The van der Waals surface area contributed by atoms with Crippen LogP contribution in [0.25, 0.3) is 11.3 Å². The summed E-state index contributed by atoms with van der Waals surface area (Å²) in [4.78, 5) is 13.2. The monoisotopic (exact) mass is 726 g/mol. The van der Waals surface area contributed by atoms with Crippen LogP contribution in [0.2, 0.25) is 25.7 Å². The van der Waals surface area contributed by atoms with E-state index in [1.807, 2.05) is 35.8 Å². The summed E-state index contributed by atoms with van der Waals surface area (Å²) in [5, 5.41) is 9.44. The van der Waals surface area contributed by atoms with Crippen LogP contribution in [0.3, 0.4) is 0 Å². The number of hydrogen-bond donors (Lipinski definition) is 0. The summed E-state index contributed by atoms with van der Waals surface area (Å²) in [5.41, 5.74) is 2.19. The number of nitrogens with zero attached hydrogens (tertiary/aromatic N) is 8. The minimum absolute atomic E-state index is 0.0121. The Morgan fingerprint density at radius 1 is 1.12 bits per heavy atom. The molecule has 0 N–H and O–H groups in total. The zero-order chi connectivity index (χ0) is 35.8. The third kappa shape index (κ3) is 8.36. The first-order valence-electron chi connectivity index (χ1n) is 17.0. The fourth-order valence-electron chi connectivity index (χ4n) is 5.64. The minimum atomic E-state index is -3.61. The first-order valence-corrected chi connectivity index (χ1v) is 22.6. The van der Waals surface area contributed by atoms with Gasteiger partial charge in [-0.1, -0.05) is 19.6 Å². The number of hydrogen-bond acceptors (Lipinski definition) is 11. The van der Waals surface area contributed by atoms with E-state index in [9.17, 15) is 8.42 Å². The third-order valence-corrected chi connectivity index (χ3v) is 11.5. The summed E-state index contributed by atoms with van der Waals surface area (Å²) < 4.78 is 62.6. The summed E-state index contributed by atoms with van der Waals surface area (Å²) >= 11 is 0. The summed E-state index contributed by atoms with van der Waals surface area (Å²) in [7, 11) is -1.55. The molecule has 1 unspecified atom stereocenters. The Balaban J connectivity index is 1.51. The maximum absolute atomic E-state index is 15.6. The van der Waals surface area contributed by atoms with Crippen molar-refractivity contribution in [1.82, 2.24) is 29.5 Å². The SMILES string of the molecule is Cc1cc(N(COCC[Si](C)(C)C)c2nc(N(C)c3ccc(S(C)(=O)=O)cc3F)nc(-c3cnn(C)c3)c2OC2CC2)nn1C1CCCCO1. The molecule has 2 fully saturated rings. The fourth-order valence-corrected chi connectivity index (χ4v) is 7.03. The lowest BCUT2D eigenvalue weighted by Gasteiger charge is -2.28. The Labute approximate surface area is 294 Å². The van der Waals surface area contributed by atoms with E-state index in [0.29, 0.717) is 41.9 Å². The van der Waals surface area contributed by atoms with Crippen molar-refractivity contribution in [2.75, 3.05) is 43.0 Å². The molecule has 1 saturated carbocycles. The van der Waals surface area contributed by atoms with Crippen LogP contribution in [0, 0.1) is 12.7 Å². The van der Waals surface area contributed by atoms with Gasteiger partial charge in [-0.05, 0) is 63.3 Å². The predicted octanol–water partition coefficient (Wildman–Crippen LogP) is 6.38. The highest BCUT2D eigenvalue weighted by Crippen LogP contribution is 2.44. The highest BCUT2D eigenvalue weighted by molar-refractivity contribution is 7.90. The highest BCUT2D eigenvalue weighted by Gasteiger charge is 2.33. The largest absolute Gasteiger partial charge is 0.484 e. The van der Waals surface area contributed by atoms with Crippen molar-refractivity contribution in [3.63, 3.8) is 0 Å². The van der Waals surface area contributed by atoms with E-state index in [2.05, 4.69) is 24.7 Å². The van der Waals surface area contributed by atoms with Gasteiger partial charge in [0.05, 0.1) is 22.9 Å². The maximum atomic E-state index is 15.6. The Morgan fingerprint density at radius 2 is 1.90 bits per heavy atom. The molecule has 16 heteroatoms. The van der Waals surface area contributed by atoms with Crippen molar-refractivity contribution in [2.24, 2.45) is 7.05 Å². The van der Waals surface area contributed by atoms with Crippen LogP contribution >= 0.6 is 0 Å².